The SMILES string of the molecule is C=CCC[C@@H](NC(=O)Cc1cccc(C(F)(F)F)c1)C(=O)O. The van der Waals surface area contributed by atoms with Gasteiger partial charge in [0.15, 0.2) is 0 Å². The third-order valence-corrected chi connectivity index (χ3v) is 2.91. The standard InChI is InChI=1S/C15H16F3NO3/c1-2-3-7-12(14(21)22)19-13(20)9-10-5-4-6-11(8-10)15(16,17)18/h2,4-6,8,12H,1,3,7,9H2,(H,19,20)(H,21,22)/t12-/m1/s1. The molecule has 120 valence electrons. The van der Waals surface area contributed by atoms with Crippen molar-refractivity contribution < 1.29 is 27.9 Å². The van der Waals surface area contributed by atoms with E-state index in [2.05, 4.69) is 11.9 Å². The molecule has 1 aromatic carbocycles. The van der Waals surface area contributed by atoms with Gasteiger partial charge < -0.3 is 10.4 Å². The first kappa shape index (κ1) is 17.7. The number of hydrogen-bond donors (Lipinski definition) is 2. The summed E-state index contributed by atoms with van der Waals surface area (Å²) in [5, 5.41) is 11.3. The van der Waals surface area contributed by atoms with E-state index in [4.69, 9.17) is 5.11 Å². The Hall–Kier alpha value is -2.31. The second-order valence-corrected chi connectivity index (χ2v) is 4.70. The van der Waals surface area contributed by atoms with Crippen molar-refractivity contribution in [3.05, 3.63) is 48.0 Å². The first-order chi connectivity index (χ1) is 10.2. The van der Waals surface area contributed by atoms with E-state index in [-0.39, 0.29) is 18.4 Å². The number of halogens is 3. The monoisotopic (exact) mass is 315 g/mol. The number of allylic oxidation sites excluding steroid dienone is 1. The molecule has 0 unspecified atom stereocenters. The molecule has 0 aromatic heterocycles. The van der Waals surface area contributed by atoms with Crippen LogP contribution in [0.1, 0.15) is 24.0 Å². The van der Waals surface area contributed by atoms with Gasteiger partial charge in [-0.3, -0.25) is 4.79 Å². The largest absolute Gasteiger partial charge is 0.480 e. The average molecular weight is 315 g/mol. The summed E-state index contributed by atoms with van der Waals surface area (Å²) in [5.74, 6) is -1.84. The molecule has 0 bridgehead atoms. The lowest BCUT2D eigenvalue weighted by atomic mass is 10.1. The second-order valence-electron chi connectivity index (χ2n) is 4.70. The molecular weight excluding hydrogens is 299 g/mol. The smallest absolute Gasteiger partial charge is 0.416 e. The zero-order chi connectivity index (χ0) is 16.8. The molecule has 0 aliphatic heterocycles. The van der Waals surface area contributed by atoms with Crippen molar-refractivity contribution in [3.8, 4) is 0 Å². The van der Waals surface area contributed by atoms with Crippen molar-refractivity contribution >= 4 is 11.9 Å². The van der Waals surface area contributed by atoms with E-state index in [0.717, 1.165) is 12.1 Å². The number of rotatable bonds is 7. The highest BCUT2D eigenvalue weighted by molar-refractivity contribution is 5.84. The highest BCUT2D eigenvalue weighted by atomic mass is 19.4. The van der Waals surface area contributed by atoms with E-state index in [0.29, 0.717) is 6.42 Å². The number of carboxylic acids is 1. The summed E-state index contributed by atoms with van der Waals surface area (Å²) < 4.78 is 37.7. The minimum atomic E-state index is -4.49. The molecule has 0 saturated carbocycles. The zero-order valence-corrected chi connectivity index (χ0v) is 11.7. The predicted octanol–water partition coefficient (Wildman–Crippen LogP) is 2.78. The molecule has 0 radical (unpaired) electrons. The number of benzene rings is 1. The Morgan fingerprint density at radius 2 is 2.05 bits per heavy atom. The molecule has 7 heteroatoms. The van der Waals surface area contributed by atoms with Crippen molar-refractivity contribution in [2.75, 3.05) is 0 Å². The predicted molar refractivity (Wildman–Crippen MR) is 74.1 cm³/mol. The summed E-state index contributed by atoms with van der Waals surface area (Å²) in [6.45, 7) is 3.46. The number of hydrogen-bond acceptors (Lipinski definition) is 2. The Bertz CT molecular complexity index is 555. The zero-order valence-electron chi connectivity index (χ0n) is 11.7. The Morgan fingerprint density at radius 3 is 2.59 bits per heavy atom. The topological polar surface area (TPSA) is 66.4 Å². The Labute approximate surface area is 125 Å². The third kappa shape index (κ3) is 5.59. The number of nitrogens with one attached hydrogen (secondary N) is 1. The van der Waals surface area contributed by atoms with E-state index in [1.165, 1.54) is 18.2 Å². The van der Waals surface area contributed by atoms with Crippen LogP contribution in [-0.2, 0) is 22.2 Å². The molecule has 4 nitrogen and oxygen atoms in total. The minimum absolute atomic E-state index is 0.167. The fraction of sp³-hybridized carbons (Fsp3) is 0.333. The fourth-order valence-corrected chi connectivity index (χ4v) is 1.83. The normalized spacial score (nSPS) is 12.5. The lowest BCUT2D eigenvalue weighted by Crippen LogP contribution is -2.41. The van der Waals surface area contributed by atoms with Crippen molar-refractivity contribution in [2.24, 2.45) is 0 Å². The van der Waals surface area contributed by atoms with Crippen LogP contribution in [0, 0.1) is 0 Å². The summed E-state index contributed by atoms with van der Waals surface area (Å²) in [6, 6.07) is 3.29. The number of carbonyl (C=O) groups excluding carboxylic acids is 1. The van der Waals surface area contributed by atoms with E-state index < -0.39 is 29.7 Å². The molecular formula is C15H16F3NO3. The first-order valence-electron chi connectivity index (χ1n) is 6.53. The van der Waals surface area contributed by atoms with Gasteiger partial charge in [-0.25, -0.2) is 4.79 Å². The van der Waals surface area contributed by atoms with E-state index in [1.807, 2.05) is 0 Å². The van der Waals surface area contributed by atoms with Gasteiger partial charge in [-0.15, -0.1) is 6.58 Å². The molecule has 0 spiro atoms. The van der Waals surface area contributed by atoms with Gasteiger partial charge in [0.25, 0.3) is 0 Å². The van der Waals surface area contributed by atoms with Crippen LogP contribution in [0.2, 0.25) is 0 Å². The van der Waals surface area contributed by atoms with Crippen LogP contribution >= 0.6 is 0 Å². The van der Waals surface area contributed by atoms with Gasteiger partial charge in [-0.2, -0.15) is 13.2 Å². The second kappa shape index (κ2) is 7.63. The van der Waals surface area contributed by atoms with Crippen molar-refractivity contribution in [2.45, 2.75) is 31.5 Å². The molecule has 0 aliphatic carbocycles. The molecule has 1 atom stereocenters. The molecule has 0 aliphatic rings. The van der Waals surface area contributed by atoms with Crippen LogP contribution in [0.25, 0.3) is 0 Å². The highest BCUT2D eigenvalue weighted by Crippen LogP contribution is 2.29. The average Bonchev–Trinajstić information content (AvgIpc) is 2.42. The summed E-state index contributed by atoms with van der Waals surface area (Å²) in [4.78, 5) is 22.8. The quantitative estimate of drug-likeness (QED) is 0.760. The summed E-state index contributed by atoms with van der Waals surface area (Å²) >= 11 is 0. The third-order valence-electron chi connectivity index (χ3n) is 2.91. The number of alkyl halides is 3. The van der Waals surface area contributed by atoms with Crippen molar-refractivity contribution in [3.63, 3.8) is 0 Å². The van der Waals surface area contributed by atoms with Gasteiger partial charge in [0.05, 0.1) is 12.0 Å². The molecule has 1 aromatic rings. The lowest BCUT2D eigenvalue weighted by Gasteiger charge is -2.14. The maximum Gasteiger partial charge on any atom is 0.416 e. The van der Waals surface area contributed by atoms with Crippen LogP contribution in [0.4, 0.5) is 13.2 Å². The van der Waals surface area contributed by atoms with E-state index >= 15 is 0 Å². The molecule has 22 heavy (non-hydrogen) atoms. The van der Waals surface area contributed by atoms with Crippen LogP contribution in [0.5, 0.6) is 0 Å². The van der Waals surface area contributed by atoms with Crippen molar-refractivity contribution in [1.82, 2.24) is 5.32 Å². The van der Waals surface area contributed by atoms with Crippen LogP contribution in [0.15, 0.2) is 36.9 Å². The van der Waals surface area contributed by atoms with Gasteiger partial charge in [-0.05, 0) is 24.5 Å². The van der Waals surface area contributed by atoms with E-state index in [9.17, 15) is 22.8 Å². The van der Waals surface area contributed by atoms with Gasteiger partial charge in [0.1, 0.15) is 6.04 Å². The van der Waals surface area contributed by atoms with Gasteiger partial charge in [-0.1, -0.05) is 24.3 Å². The van der Waals surface area contributed by atoms with Gasteiger partial charge in [0.2, 0.25) is 5.91 Å². The van der Waals surface area contributed by atoms with Gasteiger partial charge >= 0.3 is 12.1 Å². The van der Waals surface area contributed by atoms with E-state index in [1.54, 1.807) is 0 Å². The number of aliphatic carboxylic acids is 1. The number of carbonyl (C=O) groups is 2. The first-order valence-corrected chi connectivity index (χ1v) is 6.53. The van der Waals surface area contributed by atoms with Crippen LogP contribution in [0.3, 0.4) is 0 Å². The Morgan fingerprint density at radius 1 is 1.36 bits per heavy atom. The Kier molecular flexibility index (Phi) is 6.15. The minimum Gasteiger partial charge on any atom is -0.480 e. The fourth-order valence-electron chi connectivity index (χ4n) is 1.83. The lowest BCUT2D eigenvalue weighted by molar-refractivity contribution is -0.141. The van der Waals surface area contributed by atoms with Gasteiger partial charge in [0, 0.05) is 0 Å². The number of amides is 1. The molecule has 1 rings (SSSR count). The number of carboxylic acid groups (broad SMARTS) is 1. The summed E-state index contributed by atoms with van der Waals surface area (Å²) in [6.07, 6.45) is -2.70. The molecule has 2 N–H and O–H groups in total. The summed E-state index contributed by atoms with van der Waals surface area (Å²) in [7, 11) is 0. The van der Waals surface area contributed by atoms with Crippen molar-refractivity contribution in [1.29, 1.82) is 0 Å². The Balaban J connectivity index is 2.71. The molecule has 0 heterocycles. The molecule has 0 fully saturated rings. The molecule has 0 saturated heterocycles. The maximum absolute atomic E-state index is 12.6. The highest BCUT2D eigenvalue weighted by Gasteiger charge is 2.30. The van der Waals surface area contributed by atoms with Crippen LogP contribution in [-0.4, -0.2) is 23.0 Å². The van der Waals surface area contributed by atoms with Crippen LogP contribution < -0.4 is 5.32 Å². The summed E-state index contributed by atoms with van der Waals surface area (Å²) in [5.41, 5.74) is -0.681. The molecule has 1 amide bonds. The maximum atomic E-state index is 12.6.